The number of esters is 1. The molecule has 0 N–H and O–H groups in total. The van der Waals surface area contributed by atoms with Crippen LogP contribution in [0.15, 0.2) is 0 Å². The largest absolute Gasteiger partial charge is 0.465 e. The van der Waals surface area contributed by atoms with Crippen molar-refractivity contribution in [2.45, 2.75) is 69.9 Å². The molecule has 5 unspecified atom stereocenters. The first-order chi connectivity index (χ1) is 8.78. The van der Waals surface area contributed by atoms with E-state index in [1.807, 2.05) is 0 Å². The molecule has 2 saturated heterocycles. The summed E-state index contributed by atoms with van der Waals surface area (Å²) in [5, 5.41) is 0. The Kier molecular flexibility index (Phi) is 3.57. The maximum Gasteiger partial charge on any atom is 0.309 e. The third-order valence-corrected chi connectivity index (χ3v) is 4.30. The molecule has 4 heteroatoms. The van der Waals surface area contributed by atoms with E-state index in [1.165, 1.54) is 0 Å². The number of hydrogen-bond acceptors (Lipinski definition) is 4. The molecule has 2 aliphatic heterocycles. The van der Waals surface area contributed by atoms with E-state index in [1.54, 1.807) is 0 Å². The molecule has 0 amide bonds. The molecule has 0 spiro atoms. The van der Waals surface area contributed by atoms with E-state index in [-0.39, 0.29) is 11.9 Å². The van der Waals surface area contributed by atoms with Gasteiger partial charge in [-0.3, -0.25) is 4.79 Å². The van der Waals surface area contributed by atoms with E-state index in [0.717, 1.165) is 38.5 Å². The Morgan fingerprint density at radius 2 is 2.11 bits per heavy atom. The smallest absolute Gasteiger partial charge is 0.309 e. The van der Waals surface area contributed by atoms with Crippen molar-refractivity contribution >= 4 is 5.97 Å². The maximum atomic E-state index is 11.8. The maximum absolute atomic E-state index is 11.8. The number of rotatable bonds is 6. The van der Waals surface area contributed by atoms with E-state index < -0.39 is 0 Å². The molecular formula is C14H22O4. The third kappa shape index (κ3) is 2.86. The molecule has 0 aromatic heterocycles. The molecule has 1 saturated carbocycles. The van der Waals surface area contributed by atoms with Crippen molar-refractivity contribution in [2.24, 2.45) is 5.92 Å². The number of ether oxygens (including phenoxy) is 3. The van der Waals surface area contributed by atoms with Crippen LogP contribution in [0, 0.1) is 5.92 Å². The molecule has 0 bridgehead atoms. The van der Waals surface area contributed by atoms with E-state index in [9.17, 15) is 4.79 Å². The highest BCUT2D eigenvalue weighted by atomic mass is 16.6. The predicted octanol–water partition coefficient (Wildman–Crippen LogP) is 2.05. The second kappa shape index (κ2) is 5.17. The van der Waals surface area contributed by atoms with Gasteiger partial charge in [-0.25, -0.2) is 0 Å². The van der Waals surface area contributed by atoms with Crippen LogP contribution in [-0.4, -0.2) is 37.0 Å². The molecule has 3 aliphatic rings. The van der Waals surface area contributed by atoms with Gasteiger partial charge in [-0.05, 0) is 38.5 Å². The zero-order valence-corrected chi connectivity index (χ0v) is 11.0. The summed E-state index contributed by atoms with van der Waals surface area (Å²) in [4.78, 5) is 11.8. The molecule has 0 aromatic carbocycles. The quantitative estimate of drug-likeness (QED) is 0.413. The van der Waals surface area contributed by atoms with Crippen LogP contribution in [0.1, 0.15) is 45.4 Å². The summed E-state index contributed by atoms with van der Waals surface area (Å²) in [6.45, 7) is 2.68. The minimum Gasteiger partial charge on any atom is -0.465 e. The topological polar surface area (TPSA) is 51.4 Å². The average Bonchev–Trinajstić information content (AvgIpc) is 3.26. The molecule has 2 heterocycles. The van der Waals surface area contributed by atoms with Gasteiger partial charge in [0.2, 0.25) is 0 Å². The minimum atomic E-state index is -0.0206. The number of carbonyl (C=O) groups excluding carboxylic acids is 1. The van der Waals surface area contributed by atoms with E-state index >= 15 is 0 Å². The fourth-order valence-electron chi connectivity index (χ4n) is 2.99. The van der Waals surface area contributed by atoms with Gasteiger partial charge in [0, 0.05) is 0 Å². The highest BCUT2D eigenvalue weighted by Crippen LogP contribution is 2.39. The number of hydrogen-bond donors (Lipinski definition) is 0. The molecule has 4 nitrogen and oxygen atoms in total. The lowest BCUT2D eigenvalue weighted by Crippen LogP contribution is -2.24. The van der Waals surface area contributed by atoms with Crippen molar-refractivity contribution in [3.63, 3.8) is 0 Å². The molecule has 0 aromatic rings. The molecule has 0 radical (unpaired) electrons. The summed E-state index contributed by atoms with van der Waals surface area (Å²) in [5.74, 6) is 0.0574. The van der Waals surface area contributed by atoms with Gasteiger partial charge < -0.3 is 14.2 Å². The lowest BCUT2D eigenvalue weighted by atomic mass is 9.89. The zero-order chi connectivity index (χ0) is 12.5. The Hall–Kier alpha value is -0.610. The van der Waals surface area contributed by atoms with Crippen LogP contribution >= 0.6 is 0 Å². The first-order valence-corrected chi connectivity index (χ1v) is 7.25. The summed E-state index contributed by atoms with van der Waals surface area (Å²) >= 11 is 0. The molecular weight excluding hydrogens is 232 g/mol. The number of carbonyl (C=O) groups is 1. The van der Waals surface area contributed by atoms with E-state index in [0.29, 0.717) is 31.0 Å². The zero-order valence-electron chi connectivity index (χ0n) is 11.0. The fraction of sp³-hybridized carbons (Fsp3) is 0.929. The van der Waals surface area contributed by atoms with Gasteiger partial charge in [0.25, 0.3) is 0 Å². The standard InChI is InChI=1S/C14H22O4/c1-2-10-11(17-10)4-3-7-16-14(15)9-5-6-12-13(8-9)18-12/h9-13H,2-8H2,1H3. The predicted molar refractivity (Wildman–Crippen MR) is 65.1 cm³/mol. The Morgan fingerprint density at radius 1 is 1.22 bits per heavy atom. The average molecular weight is 254 g/mol. The Bertz CT molecular complexity index is 317. The molecule has 18 heavy (non-hydrogen) atoms. The Labute approximate surface area is 108 Å². The van der Waals surface area contributed by atoms with E-state index in [2.05, 4.69) is 6.92 Å². The Balaban J connectivity index is 1.27. The van der Waals surface area contributed by atoms with Gasteiger partial charge in [0.15, 0.2) is 0 Å². The highest BCUT2D eigenvalue weighted by Gasteiger charge is 2.46. The minimum absolute atomic E-state index is 0.0206. The van der Waals surface area contributed by atoms with Crippen LogP contribution in [0.4, 0.5) is 0 Å². The van der Waals surface area contributed by atoms with Gasteiger partial charge in [0.05, 0.1) is 36.9 Å². The van der Waals surface area contributed by atoms with Gasteiger partial charge in [-0.1, -0.05) is 6.92 Å². The van der Waals surface area contributed by atoms with Crippen LogP contribution in [0.3, 0.4) is 0 Å². The highest BCUT2D eigenvalue weighted by molar-refractivity contribution is 5.72. The summed E-state index contributed by atoms with van der Waals surface area (Å²) in [6.07, 6.45) is 7.54. The Morgan fingerprint density at radius 3 is 2.83 bits per heavy atom. The first kappa shape index (κ1) is 12.4. The normalized spacial score (nSPS) is 41.1. The van der Waals surface area contributed by atoms with Gasteiger partial charge in [-0.15, -0.1) is 0 Å². The van der Waals surface area contributed by atoms with Gasteiger partial charge in [-0.2, -0.15) is 0 Å². The first-order valence-electron chi connectivity index (χ1n) is 7.25. The third-order valence-electron chi connectivity index (χ3n) is 4.30. The summed E-state index contributed by atoms with van der Waals surface area (Å²) in [5.41, 5.74) is 0. The number of fused-ring (bicyclic) bond motifs is 1. The van der Waals surface area contributed by atoms with E-state index in [4.69, 9.17) is 14.2 Å². The lowest BCUT2D eigenvalue weighted by molar-refractivity contribution is -0.149. The summed E-state index contributed by atoms with van der Waals surface area (Å²) in [6, 6.07) is 0. The van der Waals surface area contributed by atoms with Crippen LogP contribution in [0.25, 0.3) is 0 Å². The van der Waals surface area contributed by atoms with Crippen molar-refractivity contribution < 1.29 is 19.0 Å². The summed E-state index contributed by atoms with van der Waals surface area (Å²) in [7, 11) is 0. The SMILES string of the molecule is CCC1OC1CCCOC(=O)C1CCC2OC2C1. The van der Waals surface area contributed by atoms with Crippen molar-refractivity contribution in [2.75, 3.05) is 6.61 Å². The molecule has 3 fully saturated rings. The second-order valence-electron chi connectivity index (χ2n) is 5.65. The van der Waals surface area contributed by atoms with Crippen molar-refractivity contribution in [3.8, 4) is 0 Å². The van der Waals surface area contributed by atoms with Crippen molar-refractivity contribution in [3.05, 3.63) is 0 Å². The van der Waals surface area contributed by atoms with Crippen molar-refractivity contribution in [1.82, 2.24) is 0 Å². The van der Waals surface area contributed by atoms with Crippen LogP contribution in [0.2, 0.25) is 0 Å². The van der Waals surface area contributed by atoms with Gasteiger partial charge >= 0.3 is 5.97 Å². The van der Waals surface area contributed by atoms with Crippen LogP contribution in [-0.2, 0) is 19.0 Å². The lowest BCUT2D eigenvalue weighted by Gasteiger charge is -2.17. The second-order valence-corrected chi connectivity index (χ2v) is 5.65. The molecule has 1 aliphatic carbocycles. The van der Waals surface area contributed by atoms with Crippen LogP contribution < -0.4 is 0 Å². The number of epoxide rings is 2. The summed E-state index contributed by atoms with van der Waals surface area (Å²) < 4.78 is 16.2. The van der Waals surface area contributed by atoms with Crippen molar-refractivity contribution in [1.29, 1.82) is 0 Å². The van der Waals surface area contributed by atoms with Crippen LogP contribution in [0.5, 0.6) is 0 Å². The fourth-order valence-corrected chi connectivity index (χ4v) is 2.99. The molecule has 5 atom stereocenters. The molecule has 102 valence electrons. The molecule has 3 rings (SSSR count). The van der Waals surface area contributed by atoms with Gasteiger partial charge in [0.1, 0.15) is 0 Å². The monoisotopic (exact) mass is 254 g/mol.